The standard InChI is InChI=1S/C12H16Br2N2O3S/c1-16-4-5-19-10(8-16)7-15-20(17,18)12-6-9(13)2-3-11(12)14/h2-3,6,10,15H,4-5,7-8H2,1H3. The average Bonchev–Trinajstić information content (AvgIpc) is 2.39. The van der Waals surface area contributed by atoms with Crippen molar-refractivity contribution in [3.8, 4) is 0 Å². The van der Waals surface area contributed by atoms with E-state index in [1.165, 1.54) is 0 Å². The molecule has 0 spiro atoms. The summed E-state index contributed by atoms with van der Waals surface area (Å²) in [6, 6.07) is 5.05. The fourth-order valence-corrected chi connectivity index (χ4v) is 4.52. The van der Waals surface area contributed by atoms with Crippen LogP contribution in [0.25, 0.3) is 0 Å². The molecule has 2 rings (SSSR count). The van der Waals surface area contributed by atoms with Crippen LogP contribution in [-0.4, -0.2) is 52.7 Å². The lowest BCUT2D eigenvalue weighted by atomic mass is 10.3. The molecule has 0 aromatic heterocycles. The molecule has 0 amide bonds. The molecule has 0 radical (unpaired) electrons. The van der Waals surface area contributed by atoms with Crippen LogP contribution in [0, 0.1) is 0 Å². The Kier molecular flexibility index (Phi) is 5.61. The molecule has 1 N–H and O–H groups in total. The Bertz CT molecular complexity index is 580. The fraction of sp³-hybridized carbons (Fsp3) is 0.500. The summed E-state index contributed by atoms with van der Waals surface area (Å²) < 4.78 is 34.0. The molecule has 1 fully saturated rings. The SMILES string of the molecule is CN1CCOC(CNS(=O)(=O)c2cc(Br)ccc2Br)C1. The number of nitrogens with zero attached hydrogens (tertiary/aromatic N) is 1. The van der Waals surface area contributed by atoms with Crippen molar-refractivity contribution < 1.29 is 13.2 Å². The van der Waals surface area contributed by atoms with Gasteiger partial charge in [0.1, 0.15) is 0 Å². The predicted molar refractivity (Wildman–Crippen MR) is 84.3 cm³/mol. The molecular weight excluding hydrogens is 412 g/mol. The number of halogens is 2. The molecule has 1 atom stereocenters. The monoisotopic (exact) mass is 426 g/mol. The highest BCUT2D eigenvalue weighted by atomic mass is 79.9. The second-order valence-electron chi connectivity index (χ2n) is 4.68. The van der Waals surface area contributed by atoms with Gasteiger partial charge in [-0.1, -0.05) is 15.9 Å². The molecule has 1 unspecified atom stereocenters. The van der Waals surface area contributed by atoms with Crippen molar-refractivity contribution in [1.29, 1.82) is 0 Å². The Balaban J connectivity index is 2.05. The lowest BCUT2D eigenvalue weighted by molar-refractivity contribution is -0.0156. The van der Waals surface area contributed by atoms with E-state index in [2.05, 4.69) is 41.5 Å². The number of hydrogen-bond donors (Lipinski definition) is 1. The van der Waals surface area contributed by atoms with Crippen LogP contribution >= 0.6 is 31.9 Å². The summed E-state index contributed by atoms with van der Waals surface area (Å²) in [4.78, 5) is 2.34. The van der Waals surface area contributed by atoms with Gasteiger partial charge in [0, 0.05) is 28.6 Å². The second-order valence-corrected chi connectivity index (χ2v) is 8.19. The van der Waals surface area contributed by atoms with Crippen LogP contribution in [0.4, 0.5) is 0 Å². The highest BCUT2D eigenvalue weighted by molar-refractivity contribution is 9.11. The molecule has 0 saturated carbocycles. The fourth-order valence-electron chi connectivity index (χ4n) is 1.95. The highest BCUT2D eigenvalue weighted by Crippen LogP contribution is 2.25. The van der Waals surface area contributed by atoms with Crippen molar-refractivity contribution in [2.24, 2.45) is 0 Å². The predicted octanol–water partition coefficient (Wildman–Crippen LogP) is 1.82. The zero-order chi connectivity index (χ0) is 14.8. The van der Waals surface area contributed by atoms with E-state index in [-0.39, 0.29) is 17.5 Å². The summed E-state index contributed by atoms with van der Waals surface area (Å²) in [5.41, 5.74) is 0. The summed E-state index contributed by atoms with van der Waals surface area (Å²) in [6.45, 7) is 2.50. The van der Waals surface area contributed by atoms with E-state index in [1.807, 2.05) is 7.05 Å². The maximum atomic E-state index is 12.3. The van der Waals surface area contributed by atoms with Gasteiger partial charge in [-0.15, -0.1) is 0 Å². The van der Waals surface area contributed by atoms with E-state index in [0.29, 0.717) is 11.1 Å². The van der Waals surface area contributed by atoms with Gasteiger partial charge in [-0.25, -0.2) is 13.1 Å². The van der Waals surface area contributed by atoms with E-state index < -0.39 is 10.0 Å². The van der Waals surface area contributed by atoms with Gasteiger partial charge >= 0.3 is 0 Å². The van der Waals surface area contributed by atoms with Gasteiger partial charge in [0.15, 0.2) is 0 Å². The van der Waals surface area contributed by atoms with Crippen LogP contribution in [0.3, 0.4) is 0 Å². The Morgan fingerprint density at radius 2 is 2.20 bits per heavy atom. The normalized spacial score (nSPS) is 21.1. The summed E-state index contributed by atoms with van der Waals surface area (Å²) >= 11 is 6.54. The number of benzene rings is 1. The number of likely N-dealkylation sites (N-methyl/N-ethyl adjacent to an activating group) is 1. The van der Waals surface area contributed by atoms with Gasteiger partial charge in [0.25, 0.3) is 0 Å². The Morgan fingerprint density at radius 3 is 2.90 bits per heavy atom. The largest absolute Gasteiger partial charge is 0.374 e. The van der Waals surface area contributed by atoms with Crippen LogP contribution in [0.15, 0.2) is 32.0 Å². The maximum absolute atomic E-state index is 12.3. The van der Waals surface area contributed by atoms with E-state index in [1.54, 1.807) is 18.2 Å². The maximum Gasteiger partial charge on any atom is 0.241 e. The highest BCUT2D eigenvalue weighted by Gasteiger charge is 2.22. The third-order valence-electron chi connectivity index (χ3n) is 3.03. The van der Waals surface area contributed by atoms with E-state index in [4.69, 9.17) is 4.74 Å². The number of ether oxygens (including phenoxy) is 1. The first kappa shape index (κ1) is 16.4. The van der Waals surface area contributed by atoms with Crippen LogP contribution in [-0.2, 0) is 14.8 Å². The molecule has 0 aliphatic carbocycles. The van der Waals surface area contributed by atoms with E-state index in [9.17, 15) is 8.42 Å². The summed E-state index contributed by atoms with van der Waals surface area (Å²) in [7, 11) is -1.56. The smallest absolute Gasteiger partial charge is 0.241 e. The molecule has 20 heavy (non-hydrogen) atoms. The zero-order valence-corrected chi connectivity index (χ0v) is 15.0. The van der Waals surface area contributed by atoms with Crippen molar-refractivity contribution in [3.63, 3.8) is 0 Å². The van der Waals surface area contributed by atoms with Gasteiger partial charge in [-0.05, 0) is 41.2 Å². The molecule has 5 nitrogen and oxygen atoms in total. The Morgan fingerprint density at radius 1 is 1.45 bits per heavy atom. The molecule has 1 aromatic carbocycles. The minimum atomic E-state index is -3.56. The van der Waals surface area contributed by atoms with Crippen molar-refractivity contribution in [2.45, 2.75) is 11.0 Å². The molecule has 1 aliphatic heterocycles. The van der Waals surface area contributed by atoms with Crippen LogP contribution in [0.1, 0.15) is 0 Å². The molecular formula is C12H16Br2N2O3S. The number of morpholine rings is 1. The molecule has 1 aromatic rings. The number of nitrogens with one attached hydrogen (secondary N) is 1. The quantitative estimate of drug-likeness (QED) is 0.796. The van der Waals surface area contributed by atoms with Crippen LogP contribution in [0.5, 0.6) is 0 Å². The first-order valence-electron chi connectivity index (χ1n) is 6.13. The third-order valence-corrected chi connectivity index (χ3v) is 5.94. The lowest BCUT2D eigenvalue weighted by Crippen LogP contribution is -2.45. The topological polar surface area (TPSA) is 58.6 Å². The minimum absolute atomic E-state index is 0.116. The minimum Gasteiger partial charge on any atom is -0.374 e. The van der Waals surface area contributed by atoms with Gasteiger partial charge in [-0.3, -0.25) is 0 Å². The van der Waals surface area contributed by atoms with Crippen LogP contribution < -0.4 is 4.72 Å². The summed E-state index contributed by atoms with van der Waals surface area (Å²) in [5.74, 6) is 0. The van der Waals surface area contributed by atoms with E-state index in [0.717, 1.165) is 17.6 Å². The third kappa shape index (κ3) is 4.25. The van der Waals surface area contributed by atoms with Gasteiger partial charge in [0.05, 0.1) is 17.6 Å². The molecule has 1 heterocycles. The molecule has 8 heteroatoms. The van der Waals surface area contributed by atoms with Gasteiger partial charge in [-0.2, -0.15) is 0 Å². The first-order valence-corrected chi connectivity index (χ1v) is 9.20. The van der Waals surface area contributed by atoms with Crippen molar-refractivity contribution >= 4 is 41.9 Å². The number of rotatable bonds is 4. The van der Waals surface area contributed by atoms with Crippen LogP contribution in [0.2, 0.25) is 0 Å². The molecule has 1 aliphatic rings. The Labute approximate surface area is 136 Å². The van der Waals surface area contributed by atoms with Crippen molar-refractivity contribution in [3.05, 3.63) is 27.1 Å². The van der Waals surface area contributed by atoms with Gasteiger partial charge in [0.2, 0.25) is 10.0 Å². The van der Waals surface area contributed by atoms with E-state index >= 15 is 0 Å². The second kappa shape index (κ2) is 6.85. The van der Waals surface area contributed by atoms with Gasteiger partial charge < -0.3 is 9.64 Å². The first-order chi connectivity index (χ1) is 9.38. The average molecular weight is 428 g/mol. The summed E-state index contributed by atoms with van der Waals surface area (Å²) in [6.07, 6.45) is -0.116. The molecule has 1 saturated heterocycles. The van der Waals surface area contributed by atoms with Crippen molar-refractivity contribution in [2.75, 3.05) is 33.3 Å². The lowest BCUT2D eigenvalue weighted by Gasteiger charge is -2.30. The number of sulfonamides is 1. The number of hydrogen-bond acceptors (Lipinski definition) is 4. The summed E-state index contributed by atoms with van der Waals surface area (Å²) in [5, 5.41) is 0. The molecule has 0 bridgehead atoms. The Hall–Kier alpha value is 0.01000. The van der Waals surface area contributed by atoms with Crippen molar-refractivity contribution in [1.82, 2.24) is 9.62 Å². The molecule has 112 valence electrons. The zero-order valence-electron chi connectivity index (χ0n) is 11.0.